The van der Waals surface area contributed by atoms with Crippen LogP contribution in [-0.2, 0) is 22.9 Å². The van der Waals surface area contributed by atoms with E-state index in [2.05, 4.69) is 22.8 Å². The van der Waals surface area contributed by atoms with Gasteiger partial charge in [0.2, 0.25) is 10.0 Å². The van der Waals surface area contributed by atoms with E-state index in [0.717, 1.165) is 24.8 Å². The molecule has 0 aromatic heterocycles. The molecular weight excluding hydrogens is 350 g/mol. The van der Waals surface area contributed by atoms with E-state index in [1.165, 1.54) is 17.7 Å². The molecule has 6 nitrogen and oxygen atoms in total. The Hall–Kier alpha value is -2.38. The van der Waals surface area contributed by atoms with Crippen molar-refractivity contribution in [1.29, 1.82) is 0 Å². The minimum atomic E-state index is -3.67. The van der Waals surface area contributed by atoms with Crippen LogP contribution < -0.4 is 15.8 Å². The first kappa shape index (κ1) is 19.9. The predicted molar refractivity (Wildman–Crippen MR) is 102 cm³/mol. The maximum atomic E-state index is 11.7. The van der Waals surface area contributed by atoms with Crippen LogP contribution in [0.3, 0.4) is 0 Å². The van der Waals surface area contributed by atoms with Gasteiger partial charge in [-0.25, -0.2) is 18.4 Å². The largest absolute Gasteiger partial charge is 0.338 e. The van der Waals surface area contributed by atoms with Crippen LogP contribution in [0.4, 0.5) is 4.79 Å². The highest BCUT2D eigenvalue weighted by Crippen LogP contribution is 2.09. The molecule has 140 valence electrons. The number of rotatable bonds is 9. The highest BCUT2D eigenvalue weighted by molar-refractivity contribution is 7.89. The normalized spacial score (nSPS) is 11.1. The number of benzene rings is 2. The van der Waals surface area contributed by atoms with E-state index in [1.807, 2.05) is 18.2 Å². The minimum Gasteiger partial charge on any atom is -0.338 e. The van der Waals surface area contributed by atoms with Gasteiger partial charge in [-0.1, -0.05) is 42.5 Å². The first-order valence-electron chi connectivity index (χ1n) is 8.62. The van der Waals surface area contributed by atoms with Crippen molar-refractivity contribution in [1.82, 2.24) is 10.6 Å². The maximum absolute atomic E-state index is 11.7. The van der Waals surface area contributed by atoms with Crippen LogP contribution in [0.25, 0.3) is 0 Å². The maximum Gasteiger partial charge on any atom is 0.314 e. The summed E-state index contributed by atoms with van der Waals surface area (Å²) in [6.45, 7) is 1.12. The molecule has 0 bridgehead atoms. The third kappa shape index (κ3) is 7.25. The summed E-state index contributed by atoms with van der Waals surface area (Å²) >= 11 is 0. The molecule has 0 unspecified atom stereocenters. The van der Waals surface area contributed by atoms with E-state index in [1.54, 1.807) is 12.1 Å². The summed E-state index contributed by atoms with van der Waals surface area (Å²) in [7, 11) is -3.67. The number of unbranched alkanes of at least 4 members (excludes halogenated alkanes) is 1. The standard InChI is InChI=1S/C19H25N3O3S/c20-26(24,25)18-11-9-17(10-12-18)13-15-22-19(23)21-14-5-4-8-16-6-2-1-3-7-16/h1-3,6-7,9-12H,4-5,8,13-15H2,(H2,20,24,25)(H2,21,22,23). The van der Waals surface area contributed by atoms with Crippen LogP contribution in [0.1, 0.15) is 24.0 Å². The van der Waals surface area contributed by atoms with Gasteiger partial charge in [0.05, 0.1) is 4.90 Å². The number of primary sulfonamides is 1. The van der Waals surface area contributed by atoms with Gasteiger partial charge in [0.25, 0.3) is 0 Å². The number of nitrogens with one attached hydrogen (secondary N) is 2. The van der Waals surface area contributed by atoms with Crippen LogP contribution in [0, 0.1) is 0 Å². The zero-order valence-corrected chi connectivity index (χ0v) is 15.5. The lowest BCUT2D eigenvalue weighted by molar-refractivity contribution is 0.241. The molecule has 0 radical (unpaired) electrons. The minimum absolute atomic E-state index is 0.0856. The Labute approximate surface area is 154 Å². The summed E-state index contributed by atoms with van der Waals surface area (Å²) in [6, 6.07) is 16.4. The molecule has 0 heterocycles. The van der Waals surface area contributed by atoms with Gasteiger partial charge in [-0.2, -0.15) is 0 Å². The molecule has 2 amide bonds. The summed E-state index contributed by atoms with van der Waals surface area (Å²) in [6.07, 6.45) is 3.59. The molecule has 7 heteroatoms. The lowest BCUT2D eigenvalue weighted by Crippen LogP contribution is -2.37. The highest BCUT2D eigenvalue weighted by atomic mass is 32.2. The molecule has 0 aliphatic carbocycles. The average molecular weight is 375 g/mol. The molecule has 0 aliphatic rings. The van der Waals surface area contributed by atoms with Gasteiger partial charge in [-0.3, -0.25) is 0 Å². The lowest BCUT2D eigenvalue weighted by atomic mass is 10.1. The van der Waals surface area contributed by atoms with Crippen molar-refractivity contribution in [2.45, 2.75) is 30.6 Å². The average Bonchev–Trinajstić information content (AvgIpc) is 2.62. The van der Waals surface area contributed by atoms with Gasteiger partial charge in [0.1, 0.15) is 0 Å². The zero-order valence-electron chi connectivity index (χ0n) is 14.6. The molecule has 2 rings (SSSR count). The number of nitrogens with two attached hydrogens (primary N) is 1. The number of carbonyl (C=O) groups is 1. The molecule has 0 aliphatic heterocycles. The monoisotopic (exact) mass is 375 g/mol. The van der Waals surface area contributed by atoms with Crippen molar-refractivity contribution >= 4 is 16.1 Å². The van der Waals surface area contributed by atoms with Crippen LogP contribution in [0.15, 0.2) is 59.5 Å². The fraction of sp³-hybridized carbons (Fsp3) is 0.316. The Kier molecular flexibility index (Phi) is 7.62. The second-order valence-electron chi connectivity index (χ2n) is 6.06. The molecule has 2 aromatic rings. The second kappa shape index (κ2) is 9.94. The molecule has 0 atom stereocenters. The van der Waals surface area contributed by atoms with Gasteiger partial charge in [-0.15, -0.1) is 0 Å². The summed E-state index contributed by atoms with van der Waals surface area (Å²) < 4.78 is 22.4. The second-order valence-corrected chi connectivity index (χ2v) is 7.63. The Bertz CT molecular complexity index is 791. The van der Waals surface area contributed by atoms with Crippen molar-refractivity contribution in [3.63, 3.8) is 0 Å². The van der Waals surface area contributed by atoms with Crippen LogP contribution in [0.5, 0.6) is 0 Å². The fourth-order valence-corrected chi connectivity index (χ4v) is 3.04. The Balaban J connectivity index is 1.57. The van der Waals surface area contributed by atoms with Crippen LogP contribution >= 0.6 is 0 Å². The van der Waals surface area contributed by atoms with Crippen molar-refractivity contribution in [3.8, 4) is 0 Å². The van der Waals surface area contributed by atoms with Gasteiger partial charge in [-0.05, 0) is 48.9 Å². The first-order valence-corrected chi connectivity index (χ1v) is 10.2. The quantitative estimate of drug-likeness (QED) is 0.586. The summed E-state index contributed by atoms with van der Waals surface area (Å²) in [5.41, 5.74) is 2.24. The van der Waals surface area contributed by atoms with Crippen molar-refractivity contribution in [2.24, 2.45) is 5.14 Å². The van der Waals surface area contributed by atoms with E-state index in [0.29, 0.717) is 19.5 Å². The van der Waals surface area contributed by atoms with E-state index in [4.69, 9.17) is 5.14 Å². The number of aryl methyl sites for hydroxylation is 1. The number of carbonyl (C=O) groups excluding carboxylic acids is 1. The third-order valence-electron chi connectivity index (χ3n) is 3.97. The molecule has 0 saturated carbocycles. The molecule has 0 fully saturated rings. The van der Waals surface area contributed by atoms with E-state index >= 15 is 0 Å². The lowest BCUT2D eigenvalue weighted by Gasteiger charge is -2.08. The third-order valence-corrected chi connectivity index (χ3v) is 4.90. The first-order chi connectivity index (χ1) is 12.4. The Morgan fingerprint density at radius 2 is 1.42 bits per heavy atom. The Morgan fingerprint density at radius 1 is 0.808 bits per heavy atom. The topological polar surface area (TPSA) is 101 Å². The van der Waals surface area contributed by atoms with Gasteiger partial charge < -0.3 is 10.6 Å². The van der Waals surface area contributed by atoms with Crippen molar-refractivity contribution in [2.75, 3.05) is 13.1 Å². The number of amides is 2. The van der Waals surface area contributed by atoms with Crippen LogP contribution in [-0.4, -0.2) is 27.5 Å². The summed E-state index contributed by atoms with van der Waals surface area (Å²) in [4.78, 5) is 11.8. The SMILES string of the molecule is NS(=O)(=O)c1ccc(CCNC(=O)NCCCCc2ccccc2)cc1. The molecule has 0 saturated heterocycles. The number of urea groups is 1. The fourth-order valence-electron chi connectivity index (χ4n) is 2.53. The highest BCUT2D eigenvalue weighted by Gasteiger charge is 2.06. The van der Waals surface area contributed by atoms with E-state index in [9.17, 15) is 13.2 Å². The predicted octanol–water partition coefficient (Wildman–Crippen LogP) is 2.20. The number of hydrogen-bond donors (Lipinski definition) is 3. The molecule has 0 spiro atoms. The Morgan fingerprint density at radius 3 is 2.08 bits per heavy atom. The number of hydrogen-bond acceptors (Lipinski definition) is 3. The molecule has 2 aromatic carbocycles. The summed E-state index contributed by atoms with van der Waals surface area (Å²) in [5, 5.41) is 10.7. The van der Waals surface area contributed by atoms with Gasteiger partial charge in [0.15, 0.2) is 0 Å². The van der Waals surface area contributed by atoms with E-state index < -0.39 is 10.0 Å². The van der Waals surface area contributed by atoms with Crippen molar-refractivity contribution < 1.29 is 13.2 Å². The van der Waals surface area contributed by atoms with Gasteiger partial charge in [0, 0.05) is 13.1 Å². The van der Waals surface area contributed by atoms with Crippen molar-refractivity contribution in [3.05, 3.63) is 65.7 Å². The number of sulfonamides is 1. The van der Waals surface area contributed by atoms with Gasteiger partial charge >= 0.3 is 6.03 Å². The molecular formula is C19H25N3O3S. The smallest absolute Gasteiger partial charge is 0.314 e. The molecule has 4 N–H and O–H groups in total. The zero-order chi connectivity index (χ0) is 18.8. The summed E-state index contributed by atoms with van der Waals surface area (Å²) in [5.74, 6) is 0. The molecule has 26 heavy (non-hydrogen) atoms. The van der Waals surface area contributed by atoms with Crippen LogP contribution in [0.2, 0.25) is 0 Å². The van der Waals surface area contributed by atoms with E-state index in [-0.39, 0.29) is 10.9 Å².